The summed E-state index contributed by atoms with van der Waals surface area (Å²) in [4.78, 5) is 34.5. The molecule has 0 radical (unpaired) electrons. The van der Waals surface area contributed by atoms with E-state index in [1.807, 2.05) is 72.8 Å². The van der Waals surface area contributed by atoms with E-state index in [-0.39, 0.29) is 11.5 Å². The molecule has 5 aromatic rings. The Labute approximate surface area is 232 Å². The number of rotatable bonds is 5. The van der Waals surface area contributed by atoms with Crippen molar-refractivity contribution in [1.29, 1.82) is 0 Å². The second-order valence-corrected chi connectivity index (χ2v) is 10.1. The molecule has 39 heavy (non-hydrogen) atoms. The molecule has 192 valence electrons. The molecule has 0 aliphatic carbocycles. The molecule has 1 atom stereocenters. The van der Waals surface area contributed by atoms with Crippen molar-refractivity contribution >= 4 is 38.5 Å². The van der Waals surface area contributed by atoms with Crippen LogP contribution in [0.4, 0.5) is 0 Å². The summed E-state index contributed by atoms with van der Waals surface area (Å²) in [7, 11) is 1.61. The number of hydrogen-bond acceptors (Lipinski definition) is 5. The largest absolute Gasteiger partial charge is 0.497 e. The van der Waals surface area contributed by atoms with Gasteiger partial charge in [-0.2, -0.15) is 5.10 Å². The molecule has 3 heterocycles. The number of hydrogen-bond donors (Lipinski definition) is 1. The van der Waals surface area contributed by atoms with Gasteiger partial charge in [-0.1, -0.05) is 58.4 Å². The van der Waals surface area contributed by atoms with E-state index in [1.54, 1.807) is 31.6 Å². The topological polar surface area (TPSA) is 87.7 Å². The molecule has 1 amide bonds. The predicted octanol–water partition coefficient (Wildman–Crippen LogP) is 6.35. The van der Waals surface area contributed by atoms with E-state index in [0.29, 0.717) is 29.0 Å². The number of nitrogens with one attached hydrogen (secondary N) is 1. The number of pyridine rings is 2. The average Bonchev–Trinajstić information content (AvgIpc) is 3.42. The zero-order chi connectivity index (χ0) is 26.9. The van der Waals surface area contributed by atoms with Gasteiger partial charge in [-0.05, 0) is 53.6 Å². The summed E-state index contributed by atoms with van der Waals surface area (Å²) in [6.45, 7) is 0. The second-order valence-electron chi connectivity index (χ2n) is 9.19. The van der Waals surface area contributed by atoms with Crippen LogP contribution >= 0.6 is 15.9 Å². The van der Waals surface area contributed by atoms with Crippen LogP contribution in [0.2, 0.25) is 0 Å². The summed E-state index contributed by atoms with van der Waals surface area (Å²) >= 11 is 3.58. The number of ether oxygens (including phenoxy) is 1. The highest BCUT2D eigenvalue weighted by atomic mass is 79.9. The number of H-pyrrole nitrogens is 1. The van der Waals surface area contributed by atoms with Crippen molar-refractivity contribution in [1.82, 2.24) is 15.0 Å². The van der Waals surface area contributed by atoms with Gasteiger partial charge < -0.3 is 9.72 Å². The quantitative estimate of drug-likeness (QED) is 0.263. The van der Waals surface area contributed by atoms with Gasteiger partial charge in [0.15, 0.2) is 0 Å². The van der Waals surface area contributed by atoms with E-state index in [0.717, 1.165) is 32.1 Å². The monoisotopic (exact) mass is 578 g/mol. The summed E-state index contributed by atoms with van der Waals surface area (Å²) in [6.07, 6.45) is 3.52. The van der Waals surface area contributed by atoms with Crippen molar-refractivity contribution in [2.75, 3.05) is 7.11 Å². The lowest BCUT2D eigenvalue weighted by molar-refractivity contribution is 0.0711. The number of carbonyl (C=O) groups is 1. The van der Waals surface area contributed by atoms with Crippen LogP contribution in [-0.2, 0) is 0 Å². The van der Waals surface area contributed by atoms with Gasteiger partial charge in [-0.15, -0.1) is 0 Å². The van der Waals surface area contributed by atoms with Crippen molar-refractivity contribution in [2.45, 2.75) is 12.5 Å². The van der Waals surface area contributed by atoms with Gasteiger partial charge in [0.2, 0.25) is 0 Å². The first-order valence-corrected chi connectivity index (χ1v) is 13.2. The Kier molecular flexibility index (Phi) is 6.54. The lowest BCUT2D eigenvalue weighted by atomic mass is 9.91. The van der Waals surface area contributed by atoms with Crippen LogP contribution < -0.4 is 10.3 Å². The maximum atomic E-state index is 13.7. The number of hydrazone groups is 1. The first-order chi connectivity index (χ1) is 19.0. The van der Waals surface area contributed by atoms with Gasteiger partial charge in [0.05, 0.1) is 24.4 Å². The molecule has 0 spiro atoms. The first-order valence-electron chi connectivity index (χ1n) is 12.4. The van der Waals surface area contributed by atoms with Crippen LogP contribution in [0.5, 0.6) is 5.75 Å². The summed E-state index contributed by atoms with van der Waals surface area (Å²) in [5.41, 5.74) is 4.49. The molecule has 1 aliphatic heterocycles. The molecule has 1 N–H and O–H groups in total. The molecule has 0 fully saturated rings. The standard InChI is InChI=1S/C31H23BrN4O3/c1-39-23-10-7-19(8-11-23)27-18-26(35-36(27)31(38)21-13-15-33-16-14-21)29-28(20-5-3-2-4-6-20)24-17-22(32)9-12-25(24)34-30(29)37/h2-17,27H,18H2,1H3,(H,34,37). The minimum Gasteiger partial charge on any atom is -0.497 e. The number of methoxy groups -OCH3 is 1. The number of aromatic nitrogens is 2. The third-order valence-electron chi connectivity index (χ3n) is 6.87. The molecule has 1 aliphatic rings. The molecule has 2 aromatic heterocycles. The maximum absolute atomic E-state index is 13.7. The Morgan fingerprint density at radius 1 is 0.974 bits per heavy atom. The number of nitrogens with zero attached hydrogens (tertiary/aromatic N) is 3. The molecule has 7 nitrogen and oxygen atoms in total. The Morgan fingerprint density at radius 2 is 1.72 bits per heavy atom. The Balaban J connectivity index is 1.56. The van der Waals surface area contributed by atoms with Gasteiger partial charge in [0, 0.05) is 45.3 Å². The number of aromatic amines is 1. The zero-order valence-corrected chi connectivity index (χ0v) is 22.6. The van der Waals surface area contributed by atoms with E-state index in [4.69, 9.17) is 9.84 Å². The van der Waals surface area contributed by atoms with Crippen LogP contribution in [0.1, 0.15) is 33.9 Å². The summed E-state index contributed by atoms with van der Waals surface area (Å²) < 4.78 is 6.22. The Morgan fingerprint density at radius 3 is 2.44 bits per heavy atom. The molecular formula is C31H23BrN4O3. The van der Waals surface area contributed by atoms with Crippen LogP contribution in [-0.4, -0.2) is 33.7 Å². The molecule has 1 unspecified atom stereocenters. The van der Waals surface area contributed by atoms with Crippen LogP contribution in [0, 0.1) is 0 Å². The number of amides is 1. The van der Waals surface area contributed by atoms with Crippen LogP contribution in [0.15, 0.2) is 112 Å². The minimum atomic E-state index is -0.409. The average molecular weight is 579 g/mol. The fraction of sp³-hybridized carbons (Fsp3) is 0.0968. The Bertz CT molecular complexity index is 1770. The maximum Gasteiger partial charge on any atom is 0.274 e. The highest BCUT2D eigenvalue weighted by Crippen LogP contribution is 2.38. The highest BCUT2D eigenvalue weighted by Gasteiger charge is 2.36. The van der Waals surface area contributed by atoms with E-state index >= 15 is 0 Å². The van der Waals surface area contributed by atoms with E-state index < -0.39 is 6.04 Å². The molecule has 0 saturated heterocycles. The van der Waals surface area contributed by atoms with Crippen LogP contribution in [0.3, 0.4) is 0 Å². The van der Waals surface area contributed by atoms with Crippen molar-refractivity contribution < 1.29 is 9.53 Å². The molecule has 6 rings (SSSR count). The van der Waals surface area contributed by atoms with Crippen LogP contribution in [0.25, 0.3) is 22.0 Å². The van der Waals surface area contributed by atoms with Gasteiger partial charge in [0.25, 0.3) is 11.5 Å². The minimum absolute atomic E-state index is 0.255. The molecule has 0 bridgehead atoms. The molecular weight excluding hydrogens is 556 g/mol. The third-order valence-corrected chi connectivity index (χ3v) is 7.37. The first kappa shape index (κ1) is 24.8. The van der Waals surface area contributed by atoms with E-state index in [9.17, 15) is 9.59 Å². The molecule has 0 saturated carbocycles. The van der Waals surface area contributed by atoms with E-state index in [2.05, 4.69) is 25.9 Å². The molecule has 3 aromatic carbocycles. The summed E-state index contributed by atoms with van der Waals surface area (Å²) in [5.74, 6) is 0.447. The number of fused-ring (bicyclic) bond motifs is 1. The van der Waals surface area contributed by atoms with Gasteiger partial charge in [-0.25, -0.2) is 5.01 Å². The lowest BCUT2D eigenvalue weighted by Crippen LogP contribution is -2.27. The third kappa shape index (κ3) is 4.64. The fourth-order valence-corrected chi connectivity index (χ4v) is 5.37. The normalized spacial score (nSPS) is 14.9. The van der Waals surface area contributed by atoms with Gasteiger partial charge in [0.1, 0.15) is 5.75 Å². The molecule has 8 heteroatoms. The number of carbonyl (C=O) groups excluding carboxylic acids is 1. The van der Waals surface area contributed by atoms with Crippen molar-refractivity contribution in [3.05, 3.63) is 129 Å². The number of halogens is 1. The smallest absolute Gasteiger partial charge is 0.274 e. The zero-order valence-electron chi connectivity index (χ0n) is 21.0. The Hall–Kier alpha value is -4.56. The van der Waals surface area contributed by atoms with Crippen molar-refractivity contribution in [2.24, 2.45) is 5.10 Å². The fourth-order valence-electron chi connectivity index (χ4n) is 5.01. The highest BCUT2D eigenvalue weighted by molar-refractivity contribution is 9.10. The second kappa shape index (κ2) is 10.3. The lowest BCUT2D eigenvalue weighted by Gasteiger charge is -2.22. The predicted molar refractivity (Wildman–Crippen MR) is 155 cm³/mol. The van der Waals surface area contributed by atoms with E-state index in [1.165, 1.54) is 5.01 Å². The van der Waals surface area contributed by atoms with Gasteiger partial charge >= 0.3 is 0 Å². The summed E-state index contributed by atoms with van der Waals surface area (Å²) in [5, 5.41) is 7.19. The van der Waals surface area contributed by atoms with Crippen molar-refractivity contribution in [3.63, 3.8) is 0 Å². The SMILES string of the molecule is COc1ccc(C2CC(c3c(-c4ccccc4)c4cc(Br)ccc4[nH]c3=O)=NN2C(=O)c2ccncc2)cc1. The summed E-state index contributed by atoms with van der Waals surface area (Å²) in [6, 6.07) is 26.1. The number of benzene rings is 3. The van der Waals surface area contributed by atoms with Crippen molar-refractivity contribution in [3.8, 4) is 16.9 Å². The van der Waals surface area contributed by atoms with Gasteiger partial charge in [-0.3, -0.25) is 14.6 Å².